The minimum atomic E-state index is -0.765. The molecule has 21 heavy (non-hydrogen) atoms. The summed E-state index contributed by atoms with van der Waals surface area (Å²) in [4.78, 5) is 12.2. The van der Waals surface area contributed by atoms with Gasteiger partial charge in [-0.2, -0.15) is 5.10 Å². The van der Waals surface area contributed by atoms with Crippen molar-refractivity contribution in [2.75, 3.05) is 7.11 Å². The van der Waals surface area contributed by atoms with Crippen molar-refractivity contribution < 1.29 is 9.84 Å². The lowest BCUT2D eigenvalue weighted by atomic mass is 10.1. The van der Waals surface area contributed by atoms with Crippen LogP contribution < -0.4 is 10.3 Å². The maximum atomic E-state index is 12.2. The van der Waals surface area contributed by atoms with Crippen molar-refractivity contribution in [2.24, 2.45) is 0 Å². The van der Waals surface area contributed by atoms with E-state index in [1.54, 1.807) is 56.0 Å². The summed E-state index contributed by atoms with van der Waals surface area (Å²) < 4.78 is 8.07. The van der Waals surface area contributed by atoms with E-state index in [0.717, 1.165) is 11.3 Å². The highest BCUT2D eigenvalue weighted by Crippen LogP contribution is 2.18. The van der Waals surface area contributed by atoms with E-state index >= 15 is 0 Å². The molecule has 1 aromatic carbocycles. The van der Waals surface area contributed by atoms with Crippen molar-refractivity contribution >= 4 is 5.52 Å². The maximum Gasteiger partial charge on any atom is 0.276 e. The number of aromatic nitrogens is 3. The van der Waals surface area contributed by atoms with E-state index in [2.05, 4.69) is 5.10 Å². The molecule has 3 aromatic rings. The molecule has 0 spiro atoms. The lowest BCUT2D eigenvalue weighted by molar-refractivity contribution is 0.155. The van der Waals surface area contributed by atoms with Crippen molar-refractivity contribution in [1.82, 2.24) is 14.2 Å². The highest BCUT2D eigenvalue weighted by atomic mass is 16.5. The molecule has 6 nitrogen and oxygen atoms in total. The van der Waals surface area contributed by atoms with E-state index in [1.807, 2.05) is 0 Å². The number of ether oxygens (including phenoxy) is 1. The van der Waals surface area contributed by atoms with Crippen molar-refractivity contribution in [1.29, 1.82) is 0 Å². The van der Waals surface area contributed by atoms with E-state index in [-0.39, 0.29) is 12.1 Å². The van der Waals surface area contributed by atoms with Gasteiger partial charge in [0, 0.05) is 12.4 Å². The van der Waals surface area contributed by atoms with Crippen LogP contribution in [0, 0.1) is 0 Å². The summed E-state index contributed by atoms with van der Waals surface area (Å²) in [7, 11) is 1.59. The van der Waals surface area contributed by atoms with Gasteiger partial charge in [-0.3, -0.25) is 4.79 Å². The minimum Gasteiger partial charge on any atom is -0.497 e. The van der Waals surface area contributed by atoms with Gasteiger partial charge in [0.2, 0.25) is 0 Å². The third-order valence-electron chi connectivity index (χ3n) is 3.41. The molecular formula is C15H15N3O3. The first-order chi connectivity index (χ1) is 10.2. The van der Waals surface area contributed by atoms with Crippen LogP contribution in [0.3, 0.4) is 0 Å². The molecule has 0 amide bonds. The highest BCUT2D eigenvalue weighted by molar-refractivity contribution is 5.42. The topological polar surface area (TPSA) is 68.8 Å². The Bertz CT molecular complexity index is 805. The molecular weight excluding hydrogens is 270 g/mol. The molecule has 0 aliphatic rings. The Hall–Kier alpha value is -2.60. The van der Waals surface area contributed by atoms with Gasteiger partial charge in [0.1, 0.15) is 11.3 Å². The quantitative estimate of drug-likeness (QED) is 0.783. The average molecular weight is 285 g/mol. The third-order valence-corrected chi connectivity index (χ3v) is 3.41. The van der Waals surface area contributed by atoms with Crippen LogP contribution in [0.1, 0.15) is 11.7 Å². The summed E-state index contributed by atoms with van der Waals surface area (Å²) in [5, 5.41) is 14.3. The second-order valence-electron chi connectivity index (χ2n) is 4.71. The molecule has 0 fully saturated rings. The zero-order valence-corrected chi connectivity index (χ0v) is 11.5. The Morgan fingerprint density at radius 3 is 2.71 bits per heavy atom. The van der Waals surface area contributed by atoms with Crippen LogP contribution in [0.25, 0.3) is 5.52 Å². The average Bonchev–Trinajstić information content (AvgIpc) is 2.99. The maximum absolute atomic E-state index is 12.2. The minimum absolute atomic E-state index is 0.178. The molecule has 0 radical (unpaired) electrons. The first-order valence-corrected chi connectivity index (χ1v) is 6.54. The number of methoxy groups -OCH3 is 1. The van der Waals surface area contributed by atoms with E-state index in [1.165, 1.54) is 9.08 Å². The summed E-state index contributed by atoms with van der Waals surface area (Å²) in [6.45, 7) is 0.187. The SMILES string of the molecule is COc1ccc(C(O)Cn2ccn3nccc3c2=O)cc1. The monoisotopic (exact) mass is 285 g/mol. The summed E-state index contributed by atoms with van der Waals surface area (Å²) >= 11 is 0. The van der Waals surface area contributed by atoms with Gasteiger partial charge >= 0.3 is 0 Å². The van der Waals surface area contributed by atoms with E-state index in [0.29, 0.717) is 5.52 Å². The number of benzene rings is 1. The fourth-order valence-electron chi connectivity index (χ4n) is 2.22. The summed E-state index contributed by atoms with van der Waals surface area (Å²) in [5.41, 5.74) is 1.04. The molecule has 0 aliphatic heterocycles. The summed E-state index contributed by atoms with van der Waals surface area (Å²) in [6.07, 6.45) is 4.12. The third kappa shape index (κ3) is 2.53. The van der Waals surface area contributed by atoms with Gasteiger partial charge in [0.15, 0.2) is 0 Å². The standard InChI is InChI=1S/C15H15N3O3/c1-21-12-4-2-11(3-5-12)14(19)10-17-8-9-18-13(15(17)20)6-7-16-18/h2-9,14,19H,10H2,1H3. The van der Waals surface area contributed by atoms with Gasteiger partial charge in [-0.15, -0.1) is 0 Å². The Morgan fingerprint density at radius 1 is 1.24 bits per heavy atom. The second kappa shape index (κ2) is 5.41. The molecule has 0 bridgehead atoms. The van der Waals surface area contributed by atoms with Gasteiger partial charge in [-0.1, -0.05) is 12.1 Å². The fourth-order valence-corrected chi connectivity index (χ4v) is 2.22. The van der Waals surface area contributed by atoms with Gasteiger partial charge < -0.3 is 14.4 Å². The van der Waals surface area contributed by atoms with E-state index < -0.39 is 6.10 Å². The fraction of sp³-hybridized carbons (Fsp3) is 0.200. The molecule has 0 saturated heterocycles. The molecule has 1 unspecified atom stereocenters. The number of fused-ring (bicyclic) bond motifs is 1. The van der Waals surface area contributed by atoms with E-state index in [9.17, 15) is 9.90 Å². The highest BCUT2D eigenvalue weighted by Gasteiger charge is 2.11. The molecule has 0 saturated carbocycles. The number of hydrogen-bond donors (Lipinski definition) is 1. The van der Waals surface area contributed by atoms with Crippen LogP contribution in [0.2, 0.25) is 0 Å². The Kier molecular flexibility index (Phi) is 3.45. The predicted octanol–water partition coefficient (Wildman–Crippen LogP) is 1.24. The molecule has 1 atom stereocenters. The Labute approximate surface area is 120 Å². The van der Waals surface area contributed by atoms with Crippen LogP contribution in [-0.2, 0) is 6.54 Å². The van der Waals surface area contributed by atoms with Crippen molar-refractivity contribution in [2.45, 2.75) is 12.6 Å². The van der Waals surface area contributed by atoms with Crippen LogP contribution in [0.4, 0.5) is 0 Å². The van der Waals surface area contributed by atoms with Crippen molar-refractivity contribution in [3.05, 3.63) is 64.8 Å². The molecule has 0 aliphatic carbocycles. The normalized spacial score (nSPS) is 12.5. The van der Waals surface area contributed by atoms with Crippen molar-refractivity contribution in [3.8, 4) is 5.75 Å². The Morgan fingerprint density at radius 2 is 2.00 bits per heavy atom. The molecule has 2 heterocycles. The van der Waals surface area contributed by atoms with Gasteiger partial charge in [0.25, 0.3) is 5.56 Å². The van der Waals surface area contributed by atoms with Crippen LogP contribution in [0.15, 0.2) is 53.7 Å². The number of hydrogen-bond acceptors (Lipinski definition) is 4. The van der Waals surface area contributed by atoms with Gasteiger partial charge in [-0.05, 0) is 23.8 Å². The summed E-state index contributed by atoms with van der Waals surface area (Å²) in [6, 6.07) is 8.78. The molecule has 2 aromatic heterocycles. The van der Waals surface area contributed by atoms with Crippen molar-refractivity contribution in [3.63, 3.8) is 0 Å². The lowest BCUT2D eigenvalue weighted by Crippen LogP contribution is -2.24. The predicted molar refractivity (Wildman–Crippen MR) is 77.4 cm³/mol. The number of rotatable bonds is 4. The first-order valence-electron chi connectivity index (χ1n) is 6.54. The molecule has 3 rings (SSSR count). The van der Waals surface area contributed by atoms with Gasteiger partial charge in [0.05, 0.1) is 26.0 Å². The molecule has 108 valence electrons. The largest absolute Gasteiger partial charge is 0.497 e. The first kappa shape index (κ1) is 13.4. The summed E-state index contributed by atoms with van der Waals surface area (Å²) in [5.74, 6) is 0.726. The number of aliphatic hydroxyl groups excluding tert-OH is 1. The zero-order valence-electron chi connectivity index (χ0n) is 11.5. The second-order valence-corrected chi connectivity index (χ2v) is 4.71. The van der Waals surface area contributed by atoms with Gasteiger partial charge in [-0.25, -0.2) is 4.52 Å². The lowest BCUT2D eigenvalue weighted by Gasteiger charge is -2.13. The number of nitrogens with zero attached hydrogens (tertiary/aromatic N) is 3. The Balaban J connectivity index is 1.86. The smallest absolute Gasteiger partial charge is 0.276 e. The van der Waals surface area contributed by atoms with Crippen LogP contribution >= 0.6 is 0 Å². The number of aliphatic hydroxyl groups is 1. The van der Waals surface area contributed by atoms with E-state index in [4.69, 9.17) is 4.74 Å². The zero-order chi connectivity index (χ0) is 14.8. The molecule has 6 heteroatoms. The van der Waals surface area contributed by atoms with Crippen LogP contribution in [0.5, 0.6) is 5.75 Å². The van der Waals surface area contributed by atoms with Crippen LogP contribution in [-0.4, -0.2) is 26.4 Å². The molecule has 1 N–H and O–H groups in total.